The molecule has 0 aromatic carbocycles. The first-order valence-corrected chi connectivity index (χ1v) is 7.10. The van der Waals surface area contributed by atoms with Gasteiger partial charge in [-0.3, -0.25) is 0 Å². The number of nitrogens with zero attached hydrogens (tertiary/aromatic N) is 2. The van der Waals surface area contributed by atoms with Gasteiger partial charge in [-0.05, 0) is 37.9 Å². The van der Waals surface area contributed by atoms with Crippen LogP contribution in [0.1, 0.15) is 41.1 Å². The van der Waals surface area contributed by atoms with E-state index in [2.05, 4.69) is 10.3 Å². The van der Waals surface area contributed by atoms with Crippen molar-refractivity contribution < 1.29 is 9.90 Å². The largest absolute Gasteiger partial charge is 0.476 e. The maximum Gasteiger partial charge on any atom is 0.356 e. The number of rotatable bonds is 3. The number of aryl methyl sites for hydroxylation is 1. The molecule has 1 atom stereocenters. The first-order valence-electron chi connectivity index (χ1n) is 7.10. The third-order valence-corrected chi connectivity index (χ3v) is 3.98. The van der Waals surface area contributed by atoms with Crippen LogP contribution < -0.4 is 5.32 Å². The van der Waals surface area contributed by atoms with Gasteiger partial charge in [-0.15, -0.1) is 0 Å². The average Bonchev–Trinajstić information content (AvgIpc) is 2.81. The van der Waals surface area contributed by atoms with Crippen LogP contribution in [0.4, 0.5) is 0 Å². The van der Waals surface area contributed by atoms with Crippen LogP contribution in [0.25, 0.3) is 5.52 Å². The van der Waals surface area contributed by atoms with Crippen LogP contribution in [0.3, 0.4) is 0 Å². The summed E-state index contributed by atoms with van der Waals surface area (Å²) in [6, 6.07) is 4.26. The van der Waals surface area contributed by atoms with E-state index >= 15 is 0 Å². The molecule has 20 heavy (non-hydrogen) atoms. The fraction of sp³-hybridized carbons (Fsp3) is 0.467. The van der Waals surface area contributed by atoms with Gasteiger partial charge in [0.15, 0.2) is 5.69 Å². The van der Waals surface area contributed by atoms with Crippen molar-refractivity contribution in [3.8, 4) is 0 Å². The highest BCUT2D eigenvalue weighted by Gasteiger charge is 2.21. The quantitative estimate of drug-likeness (QED) is 0.898. The predicted molar refractivity (Wildman–Crippen MR) is 76.2 cm³/mol. The number of aromatic nitrogens is 2. The minimum Gasteiger partial charge on any atom is -0.476 e. The van der Waals surface area contributed by atoms with Crippen molar-refractivity contribution in [3.05, 3.63) is 35.4 Å². The second kappa shape index (κ2) is 5.25. The van der Waals surface area contributed by atoms with Gasteiger partial charge in [-0.1, -0.05) is 12.5 Å². The molecule has 0 bridgehead atoms. The van der Waals surface area contributed by atoms with E-state index in [0.717, 1.165) is 30.8 Å². The van der Waals surface area contributed by atoms with E-state index < -0.39 is 5.97 Å². The molecule has 5 nitrogen and oxygen atoms in total. The van der Waals surface area contributed by atoms with Crippen molar-refractivity contribution in [2.24, 2.45) is 0 Å². The number of carbonyl (C=O) groups is 1. The van der Waals surface area contributed by atoms with E-state index in [1.807, 2.05) is 29.7 Å². The monoisotopic (exact) mass is 273 g/mol. The molecule has 0 amide bonds. The molecule has 2 aromatic heterocycles. The Balaban J connectivity index is 2.02. The summed E-state index contributed by atoms with van der Waals surface area (Å²) >= 11 is 0. The van der Waals surface area contributed by atoms with Gasteiger partial charge in [0, 0.05) is 18.7 Å². The van der Waals surface area contributed by atoms with Crippen LogP contribution in [0.5, 0.6) is 0 Å². The third kappa shape index (κ3) is 2.29. The van der Waals surface area contributed by atoms with Crippen molar-refractivity contribution in [3.63, 3.8) is 0 Å². The molecule has 0 saturated carbocycles. The number of nitrogens with one attached hydrogen (secondary N) is 1. The van der Waals surface area contributed by atoms with Crippen molar-refractivity contribution in [1.29, 1.82) is 0 Å². The molecule has 1 saturated heterocycles. The van der Waals surface area contributed by atoms with Gasteiger partial charge in [0.2, 0.25) is 0 Å². The Bertz CT molecular complexity index is 642. The van der Waals surface area contributed by atoms with Gasteiger partial charge >= 0.3 is 5.97 Å². The SMILES string of the molecule is Cc1cccn2c(CC3CCCCN3)nc(C(=O)O)c12. The molecule has 0 aliphatic carbocycles. The Hall–Kier alpha value is -1.88. The third-order valence-electron chi connectivity index (χ3n) is 3.98. The summed E-state index contributed by atoms with van der Waals surface area (Å²) in [5.41, 5.74) is 1.82. The summed E-state index contributed by atoms with van der Waals surface area (Å²) in [6.45, 7) is 2.96. The zero-order chi connectivity index (χ0) is 14.1. The maximum absolute atomic E-state index is 11.4. The highest BCUT2D eigenvalue weighted by Crippen LogP contribution is 2.20. The van der Waals surface area contributed by atoms with Gasteiger partial charge in [-0.25, -0.2) is 9.78 Å². The molecule has 0 spiro atoms. The highest BCUT2D eigenvalue weighted by molar-refractivity contribution is 5.94. The van der Waals surface area contributed by atoms with Crippen molar-refractivity contribution in [2.75, 3.05) is 6.54 Å². The van der Waals surface area contributed by atoms with Crippen molar-refractivity contribution in [2.45, 2.75) is 38.6 Å². The molecule has 5 heteroatoms. The normalized spacial score (nSPS) is 19.4. The van der Waals surface area contributed by atoms with Crippen molar-refractivity contribution >= 4 is 11.5 Å². The second-order valence-corrected chi connectivity index (χ2v) is 5.44. The fourth-order valence-corrected chi connectivity index (χ4v) is 2.98. The molecule has 1 unspecified atom stereocenters. The number of carboxylic acid groups (broad SMARTS) is 1. The molecule has 1 aliphatic heterocycles. The lowest BCUT2D eigenvalue weighted by molar-refractivity contribution is 0.0693. The minimum atomic E-state index is -0.959. The summed E-state index contributed by atoms with van der Waals surface area (Å²) < 4.78 is 1.93. The number of carboxylic acids is 1. The molecule has 3 heterocycles. The fourth-order valence-electron chi connectivity index (χ4n) is 2.98. The summed E-state index contributed by atoms with van der Waals surface area (Å²) in [7, 11) is 0. The lowest BCUT2D eigenvalue weighted by Crippen LogP contribution is -2.36. The molecular formula is C15H19N3O2. The van der Waals surface area contributed by atoms with Crippen molar-refractivity contribution in [1.82, 2.24) is 14.7 Å². The average molecular weight is 273 g/mol. The lowest BCUT2D eigenvalue weighted by atomic mass is 10.0. The summed E-state index contributed by atoms with van der Waals surface area (Å²) in [4.78, 5) is 15.7. The number of piperidine rings is 1. The summed E-state index contributed by atoms with van der Waals surface area (Å²) in [6.07, 6.45) is 6.26. The van der Waals surface area contributed by atoms with Gasteiger partial charge in [-0.2, -0.15) is 0 Å². The van der Waals surface area contributed by atoms with E-state index in [0.29, 0.717) is 11.6 Å². The van der Waals surface area contributed by atoms with Crippen LogP contribution in [-0.2, 0) is 6.42 Å². The van der Waals surface area contributed by atoms with Gasteiger partial charge < -0.3 is 14.8 Å². The zero-order valence-electron chi connectivity index (χ0n) is 11.6. The maximum atomic E-state index is 11.4. The highest BCUT2D eigenvalue weighted by atomic mass is 16.4. The number of pyridine rings is 1. The van der Waals surface area contributed by atoms with E-state index in [9.17, 15) is 9.90 Å². The summed E-state index contributed by atoms with van der Waals surface area (Å²) in [5.74, 6) is -0.125. The molecule has 0 radical (unpaired) electrons. The van der Waals surface area contributed by atoms with Crippen LogP contribution in [0, 0.1) is 6.92 Å². The number of imidazole rings is 1. The number of hydrogen-bond acceptors (Lipinski definition) is 3. The Morgan fingerprint density at radius 1 is 1.55 bits per heavy atom. The Labute approximate surface area is 117 Å². The second-order valence-electron chi connectivity index (χ2n) is 5.44. The molecule has 106 valence electrons. The zero-order valence-corrected chi connectivity index (χ0v) is 11.6. The predicted octanol–water partition coefficient (Wildman–Crippen LogP) is 2.03. The van der Waals surface area contributed by atoms with E-state index in [1.54, 1.807) is 0 Å². The molecule has 3 rings (SSSR count). The number of hydrogen-bond donors (Lipinski definition) is 2. The topological polar surface area (TPSA) is 66.6 Å². The van der Waals surface area contributed by atoms with E-state index in [-0.39, 0.29) is 5.69 Å². The number of aromatic carboxylic acids is 1. The van der Waals surface area contributed by atoms with Gasteiger partial charge in [0.1, 0.15) is 5.82 Å². The molecule has 2 N–H and O–H groups in total. The smallest absolute Gasteiger partial charge is 0.356 e. The Kier molecular flexibility index (Phi) is 3.44. The Morgan fingerprint density at radius 3 is 3.10 bits per heavy atom. The van der Waals surface area contributed by atoms with Crippen LogP contribution >= 0.6 is 0 Å². The standard InChI is InChI=1S/C15H19N3O2/c1-10-5-4-8-18-12(9-11-6-2-3-7-16-11)17-13(14(10)18)15(19)20/h4-5,8,11,16H,2-3,6-7,9H2,1H3,(H,19,20). The van der Waals surface area contributed by atoms with Crippen LogP contribution in [0.15, 0.2) is 18.3 Å². The van der Waals surface area contributed by atoms with Gasteiger partial charge in [0.05, 0.1) is 5.52 Å². The minimum absolute atomic E-state index is 0.161. The van der Waals surface area contributed by atoms with E-state index in [4.69, 9.17) is 0 Å². The number of fused-ring (bicyclic) bond motifs is 1. The molecular weight excluding hydrogens is 254 g/mol. The summed E-state index contributed by atoms with van der Waals surface area (Å²) in [5, 5.41) is 12.8. The van der Waals surface area contributed by atoms with Crippen LogP contribution in [-0.4, -0.2) is 33.0 Å². The Morgan fingerprint density at radius 2 is 2.40 bits per heavy atom. The van der Waals surface area contributed by atoms with Gasteiger partial charge in [0.25, 0.3) is 0 Å². The first kappa shape index (κ1) is 13.1. The first-order chi connectivity index (χ1) is 9.66. The molecule has 1 fully saturated rings. The molecule has 2 aromatic rings. The van der Waals surface area contributed by atoms with Crippen LogP contribution in [0.2, 0.25) is 0 Å². The molecule has 1 aliphatic rings. The van der Waals surface area contributed by atoms with E-state index in [1.165, 1.54) is 12.8 Å². The lowest BCUT2D eigenvalue weighted by Gasteiger charge is -2.22.